The van der Waals surface area contributed by atoms with Crippen LogP contribution in [0.25, 0.3) is 0 Å². The van der Waals surface area contributed by atoms with Crippen LogP contribution in [0.2, 0.25) is 0 Å². The number of esters is 1. The number of nitrogens with zero attached hydrogens (tertiary/aromatic N) is 1. The van der Waals surface area contributed by atoms with Crippen molar-refractivity contribution in [3.63, 3.8) is 0 Å². The van der Waals surface area contributed by atoms with E-state index < -0.39 is 30.5 Å². The van der Waals surface area contributed by atoms with Crippen LogP contribution in [0.1, 0.15) is 18.1 Å². The van der Waals surface area contributed by atoms with Gasteiger partial charge in [-0.3, -0.25) is 4.79 Å². The number of halogens is 4. The zero-order chi connectivity index (χ0) is 16.9. The number of alkyl halides is 3. The molecule has 0 aliphatic heterocycles. The van der Waals surface area contributed by atoms with E-state index in [1.54, 1.807) is 13.8 Å². The van der Waals surface area contributed by atoms with E-state index in [2.05, 4.69) is 4.74 Å². The quantitative estimate of drug-likeness (QED) is 0.486. The van der Waals surface area contributed by atoms with Gasteiger partial charge in [-0.2, -0.15) is 13.2 Å². The maximum atomic E-state index is 13.0. The molecule has 0 aromatic heterocycles. The molecule has 0 N–H and O–H groups in total. The summed E-state index contributed by atoms with van der Waals surface area (Å²) in [5, 5.41) is 0. The molecule has 8 heteroatoms. The maximum Gasteiger partial charge on any atom is 0.422 e. The molecular weight excluding hydrogens is 306 g/mol. The fraction of sp³-hybridized carbons (Fsp3) is 0.429. The molecule has 0 radical (unpaired) electrons. The van der Waals surface area contributed by atoms with Gasteiger partial charge >= 0.3 is 18.1 Å². The molecule has 1 rings (SSSR count). The van der Waals surface area contributed by atoms with Crippen LogP contribution in [0.15, 0.2) is 18.2 Å². The highest BCUT2D eigenvalue weighted by Crippen LogP contribution is 2.16. The Balaban J connectivity index is 2.74. The van der Waals surface area contributed by atoms with Gasteiger partial charge in [0.25, 0.3) is 0 Å². The first-order valence-electron chi connectivity index (χ1n) is 6.42. The monoisotopic (exact) mass is 321 g/mol. The van der Waals surface area contributed by atoms with Crippen LogP contribution in [0.5, 0.6) is 0 Å². The van der Waals surface area contributed by atoms with E-state index in [1.165, 1.54) is 18.2 Å². The van der Waals surface area contributed by atoms with Gasteiger partial charge in [0.05, 0.1) is 0 Å². The molecule has 0 bridgehead atoms. The van der Waals surface area contributed by atoms with Crippen molar-refractivity contribution in [1.29, 1.82) is 0 Å². The van der Waals surface area contributed by atoms with Gasteiger partial charge in [0.1, 0.15) is 5.82 Å². The molecule has 0 fully saturated rings. The standard InChI is InChI=1S/C14H15F4NO3/c1-3-19(7-10-4-5-11(15)6-9(10)2)12(20)13(21)22-8-14(16,17)18/h4-6H,3,7-8H2,1-2H3. The van der Waals surface area contributed by atoms with Gasteiger partial charge in [0.2, 0.25) is 0 Å². The number of hydrogen-bond donors (Lipinski definition) is 0. The van der Waals surface area contributed by atoms with Gasteiger partial charge in [-0.1, -0.05) is 6.07 Å². The number of aryl methyl sites for hydroxylation is 1. The third-order valence-corrected chi connectivity index (χ3v) is 2.88. The first kappa shape index (κ1) is 17.9. The van der Waals surface area contributed by atoms with E-state index in [4.69, 9.17) is 0 Å². The highest BCUT2D eigenvalue weighted by molar-refractivity contribution is 6.32. The Labute approximate surface area is 124 Å². The lowest BCUT2D eigenvalue weighted by Crippen LogP contribution is -2.38. The molecule has 0 saturated heterocycles. The molecule has 0 heterocycles. The summed E-state index contributed by atoms with van der Waals surface area (Å²) in [6.45, 7) is 1.44. The Hall–Kier alpha value is -2.12. The van der Waals surface area contributed by atoms with Crippen molar-refractivity contribution in [1.82, 2.24) is 4.90 Å². The molecule has 0 atom stereocenters. The van der Waals surface area contributed by atoms with Crippen LogP contribution >= 0.6 is 0 Å². The number of carbonyl (C=O) groups excluding carboxylic acids is 2. The van der Waals surface area contributed by atoms with Crippen molar-refractivity contribution in [3.05, 3.63) is 35.1 Å². The lowest BCUT2D eigenvalue weighted by Gasteiger charge is -2.21. The summed E-state index contributed by atoms with van der Waals surface area (Å²) in [4.78, 5) is 24.2. The molecule has 0 unspecified atom stereocenters. The predicted molar refractivity (Wildman–Crippen MR) is 69.2 cm³/mol. The SMILES string of the molecule is CCN(Cc1ccc(F)cc1C)C(=O)C(=O)OCC(F)(F)F. The zero-order valence-electron chi connectivity index (χ0n) is 12.0. The smallest absolute Gasteiger partial charge is 0.422 e. The van der Waals surface area contributed by atoms with Crippen molar-refractivity contribution in [2.75, 3.05) is 13.2 Å². The van der Waals surface area contributed by atoms with E-state index in [1.807, 2.05) is 0 Å². The molecule has 0 aliphatic rings. The molecule has 122 valence electrons. The fourth-order valence-electron chi connectivity index (χ4n) is 1.71. The topological polar surface area (TPSA) is 46.6 Å². The number of ether oxygens (including phenoxy) is 1. The van der Waals surface area contributed by atoms with E-state index in [9.17, 15) is 27.2 Å². The van der Waals surface area contributed by atoms with Crippen LogP contribution in [-0.4, -0.2) is 36.1 Å². The van der Waals surface area contributed by atoms with Crippen molar-refractivity contribution in [2.45, 2.75) is 26.6 Å². The number of hydrogen-bond acceptors (Lipinski definition) is 3. The molecule has 0 spiro atoms. The van der Waals surface area contributed by atoms with Gasteiger partial charge in [-0.15, -0.1) is 0 Å². The highest BCUT2D eigenvalue weighted by Gasteiger charge is 2.32. The number of amides is 1. The normalized spacial score (nSPS) is 11.2. The zero-order valence-corrected chi connectivity index (χ0v) is 12.0. The largest absolute Gasteiger partial charge is 0.449 e. The minimum Gasteiger partial charge on any atom is -0.449 e. The van der Waals surface area contributed by atoms with Gasteiger partial charge in [0.15, 0.2) is 6.61 Å². The molecule has 0 saturated carbocycles. The van der Waals surface area contributed by atoms with Gasteiger partial charge in [-0.05, 0) is 37.1 Å². The Morgan fingerprint density at radius 1 is 1.27 bits per heavy atom. The van der Waals surface area contributed by atoms with Crippen LogP contribution in [0, 0.1) is 12.7 Å². The average Bonchev–Trinajstić information content (AvgIpc) is 2.42. The van der Waals surface area contributed by atoms with E-state index in [0.717, 1.165) is 4.90 Å². The van der Waals surface area contributed by atoms with E-state index >= 15 is 0 Å². The number of likely N-dealkylation sites (N-methyl/N-ethyl adjacent to an activating group) is 1. The molecule has 0 aliphatic carbocycles. The first-order chi connectivity index (χ1) is 10.1. The maximum absolute atomic E-state index is 13.0. The van der Waals surface area contributed by atoms with Crippen molar-refractivity contribution >= 4 is 11.9 Å². The Kier molecular flexibility index (Phi) is 5.90. The minimum absolute atomic E-state index is 0.0252. The fourth-order valence-corrected chi connectivity index (χ4v) is 1.71. The van der Waals surface area contributed by atoms with Crippen LogP contribution < -0.4 is 0 Å². The van der Waals surface area contributed by atoms with Crippen molar-refractivity contribution in [3.8, 4) is 0 Å². The number of carbonyl (C=O) groups is 2. The van der Waals surface area contributed by atoms with E-state index in [-0.39, 0.29) is 13.1 Å². The molecular formula is C14H15F4NO3. The summed E-state index contributed by atoms with van der Waals surface area (Å²) in [5.41, 5.74) is 1.15. The number of rotatable bonds is 4. The lowest BCUT2D eigenvalue weighted by molar-refractivity contribution is -0.189. The second-order valence-corrected chi connectivity index (χ2v) is 4.58. The summed E-state index contributed by atoms with van der Waals surface area (Å²) in [7, 11) is 0. The summed E-state index contributed by atoms with van der Waals surface area (Å²) >= 11 is 0. The highest BCUT2D eigenvalue weighted by atomic mass is 19.4. The van der Waals surface area contributed by atoms with Crippen LogP contribution in [0.3, 0.4) is 0 Å². The molecule has 1 amide bonds. The molecule has 4 nitrogen and oxygen atoms in total. The molecule has 1 aromatic carbocycles. The van der Waals surface area contributed by atoms with Gasteiger partial charge in [-0.25, -0.2) is 9.18 Å². The van der Waals surface area contributed by atoms with E-state index in [0.29, 0.717) is 11.1 Å². The van der Waals surface area contributed by atoms with Crippen LogP contribution in [0.4, 0.5) is 17.6 Å². The third-order valence-electron chi connectivity index (χ3n) is 2.88. The minimum atomic E-state index is -4.69. The van der Waals surface area contributed by atoms with Crippen molar-refractivity contribution in [2.24, 2.45) is 0 Å². The Bertz CT molecular complexity index is 558. The summed E-state index contributed by atoms with van der Waals surface area (Å²) in [6, 6.07) is 3.90. The molecule has 22 heavy (non-hydrogen) atoms. The lowest BCUT2D eigenvalue weighted by atomic mass is 10.1. The molecule has 1 aromatic rings. The third kappa shape index (κ3) is 5.34. The second-order valence-electron chi connectivity index (χ2n) is 4.58. The summed E-state index contributed by atoms with van der Waals surface area (Å²) in [6.07, 6.45) is -4.69. The Morgan fingerprint density at radius 3 is 2.41 bits per heavy atom. The summed E-state index contributed by atoms with van der Waals surface area (Å²) in [5.74, 6) is -3.19. The Morgan fingerprint density at radius 2 is 1.91 bits per heavy atom. The average molecular weight is 321 g/mol. The van der Waals surface area contributed by atoms with Crippen LogP contribution in [-0.2, 0) is 20.9 Å². The number of benzene rings is 1. The second kappa shape index (κ2) is 7.24. The first-order valence-corrected chi connectivity index (χ1v) is 6.42. The van der Waals surface area contributed by atoms with Gasteiger partial charge < -0.3 is 9.64 Å². The van der Waals surface area contributed by atoms with Gasteiger partial charge in [0, 0.05) is 13.1 Å². The predicted octanol–water partition coefficient (Wildman–Crippen LogP) is 2.59. The van der Waals surface area contributed by atoms with Crippen molar-refractivity contribution < 1.29 is 31.9 Å². The summed E-state index contributed by atoms with van der Waals surface area (Å²) < 4.78 is 52.8.